The number of aryl methyl sites for hydroxylation is 3. The molecule has 3 aromatic rings. The Kier molecular flexibility index (Phi) is 7.01. The first-order valence-electron chi connectivity index (χ1n) is 10.1. The predicted octanol–water partition coefficient (Wildman–Crippen LogP) is 4.34. The number of ether oxygens (including phenoxy) is 1. The lowest BCUT2D eigenvalue weighted by molar-refractivity contribution is -0.116. The fourth-order valence-electron chi connectivity index (χ4n) is 3.31. The molecular formula is C24H27N3O3. The number of hydrogen-bond donors (Lipinski definition) is 1. The van der Waals surface area contributed by atoms with Gasteiger partial charge < -0.3 is 10.1 Å². The van der Waals surface area contributed by atoms with Gasteiger partial charge in [-0.2, -0.15) is 5.10 Å². The molecule has 0 atom stereocenters. The molecule has 6 heteroatoms. The van der Waals surface area contributed by atoms with E-state index in [1.807, 2.05) is 57.2 Å². The van der Waals surface area contributed by atoms with Crippen LogP contribution in [-0.2, 0) is 11.3 Å². The average molecular weight is 405 g/mol. The van der Waals surface area contributed by atoms with Crippen LogP contribution in [0, 0.1) is 13.8 Å². The lowest BCUT2D eigenvalue weighted by atomic mass is 10.1. The molecule has 0 saturated heterocycles. The zero-order valence-electron chi connectivity index (χ0n) is 17.6. The largest absolute Gasteiger partial charge is 0.494 e. The van der Waals surface area contributed by atoms with Crippen LogP contribution in [0.2, 0.25) is 0 Å². The van der Waals surface area contributed by atoms with Crippen molar-refractivity contribution >= 4 is 11.6 Å². The number of hydrogen-bond acceptors (Lipinski definition) is 4. The van der Waals surface area contributed by atoms with Crippen molar-refractivity contribution in [2.45, 2.75) is 40.2 Å². The van der Waals surface area contributed by atoms with Gasteiger partial charge in [0.15, 0.2) is 0 Å². The molecule has 1 amide bonds. The Bertz CT molecular complexity index is 1050. The van der Waals surface area contributed by atoms with E-state index in [9.17, 15) is 9.59 Å². The second-order valence-corrected chi connectivity index (χ2v) is 7.27. The second-order valence-electron chi connectivity index (χ2n) is 7.27. The van der Waals surface area contributed by atoms with E-state index in [0.29, 0.717) is 31.7 Å². The summed E-state index contributed by atoms with van der Waals surface area (Å²) in [5.41, 5.74) is 4.43. The van der Waals surface area contributed by atoms with Gasteiger partial charge in [0.2, 0.25) is 5.91 Å². The number of nitrogens with one attached hydrogen (secondary N) is 1. The van der Waals surface area contributed by atoms with Gasteiger partial charge in [-0.3, -0.25) is 9.59 Å². The van der Waals surface area contributed by atoms with Crippen molar-refractivity contribution < 1.29 is 9.53 Å². The third-order valence-electron chi connectivity index (χ3n) is 4.61. The molecular weight excluding hydrogens is 378 g/mol. The first-order chi connectivity index (χ1) is 14.4. The Morgan fingerprint density at radius 1 is 1.03 bits per heavy atom. The third kappa shape index (κ3) is 5.80. The second kappa shape index (κ2) is 9.87. The first-order valence-corrected chi connectivity index (χ1v) is 10.1. The molecule has 30 heavy (non-hydrogen) atoms. The Morgan fingerprint density at radius 2 is 1.73 bits per heavy atom. The summed E-state index contributed by atoms with van der Waals surface area (Å²) in [5.74, 6) is 0.722. The van der Waals surface area contributed by atoms with E-state index in [0.717, 1.165) is 28.1 Å². The van der Waals surface area contributed by atoms with E-state index in [1.165, 1.54) is 10.7 Å². The number of nitrogens with zero attached hydrogens (tertiary/aromatic N) is 2. The lowest BCUT2D eigenvalue weighted by Crippen LogP contribution is -2.23. The molecule has 0 bridgehead atoms. The molecule has 156 valence electrons. The van der Waals surface area contributed by atoms with Crippen molar-refractivity contribution in [3.8, 4) is 17.0 Å². The molecule has 0 fully saturated rings. The number of aromatic nitrogens is 2. The smallest absolute Gasteiger partial charge is 0.266 e. The fourth-order valence-corrected chi connectivity index (χ4v) is 3.31. The number of carbonyl (C=O) groups excluding carboxylic acids is 1. The molecule has 0 aliphatic rings. The van der Waals surface area contributed by atoms with Gasteiger partial charge in [0.05, 0.1) is 12.3 Å². The summed E-state index contributed by atoms with van der Waals surface area (Å²) < 4.78 is 6.87. The van der Waals surface area contributed by atoms with E-state index < -0.39 is 0 Å². The van der Waals surface area contributed by atoms with E-state index >= 15 is 0 Å². The highest BCUT2D eigenvalue weighted by Crippen LogP contribution is 2.20. The van der Waals surface area contributed by atoms with Crippen LogP contribution in [0.1, 0.15) is 30.9 Å². The molecule has 1 N–H and O–H groups in total. The summed E-state index contributed by atoms with van der Waals surface area (Å²) >= 11 is 0. The van der Waals surface area contributed by atoms with Crippen molar-refractivity contribution in [3.63, 3.8) is 0 Å². The summed E-state index contributed by atoms with van der Waals surface area (Å²) in [6, 6.07) is 16.8. The molecule has 0 radical (unpaired) electrons. The Hall–Kier alpha value is -3.41. The highest BCUT2D eigenvalue weighted by Gasteiger charge is 2.07. The van der Waals surface area contributed by atoms with Gasteiger partial charge in [-0.15, -0.1) is 0 Å². The molecule has 0 saturated carbocycles. The van der Waals surface area contributed by atoms with Crippen LogP contribution in [0.25, 0.3) is 11.3 Å². The summed E-state index contributed by atoms with van der Waals surface area (Å²) in [7, 11) is 0. The third-order valence-corrected chi connectivity index (χ3v) is 4.61. The zero-order chi connectivity index (χ0) is 21.5. The molecule has 2 aromatic carbocycles. The number of amides is 1. The van der Waals surface area contributed by atoms with Gasteiger partial charge in [0.1, 0.15) is 5.75 Å². The van der Waals surface area contributed by atoms with Gasteiger partial charge in [0.25, 0.3) is 5.56 Å². The average Bonchev–Trinajstić information content (AvgIpc) is 2.69. The topological polar surface area (TPSA) is 73.2 Å². The molecule has 0 aliphatic heterocycles. The van der Waals surface area contributed by atoms with E-state index in [2.05, 4.69) is 16.5 Å². The van der Waals surface area contributed by atoms with Crippen molar-refractivity contribution in [2.24, 2.45) is 0 Å². The van der Waals surface area contributed by atoms with Crippen LogP contribution in [-0.4, -0.2) is 22.3 Å². The van der Waals surface area contributed by atoms with Crippen LogP contribution >= 0.6 is 0 Å². The predicted molar refractivity (Wildman–Crippen MR) is 119 cm³/mol. The molecule has 1 heterocycles. The van der Waals surface area contributed by atoms with Gasteiger partial charge in [0, 0.05) is 30.3 Å². The SMILES string of the molecule is CCOc1ccc(-c2ccc(=O)n(CCCC(=O)Nc3cc(C)cc(C)c3)n2)cc1. The van der Waals surface area contributed by atoms with E-state index in [4.69, 9.17) is 4.74 Å². The quantitative estimate of drug-likeness (QED) is 0.605. The first kappa shape index (κ1) is 21.3. The minimum absolute atomic E-state index is 0.0734. The highest BCUT2D eigenvalue weighted by molar-refractivity contribution is 5.90. The summed E-state index contributed by atoms with van der Waals surface area (Å²) in [6.07, 6.45) is 0.838. The summed E-state index contributed by atoms with van der Waals surface area (Å²) in [6.45, 7) is 6.92. The standard InChI is InChI=1S/C24H27N3O3/c1-4-30-21-9-7-19(8-10-21)22-11-12-24(29)27(26-22)13-5-6-23(28)25-20-15-17(2)14-18(3)16-20/h7-12,14-16H,4-6,13H2,1-3H3,(H,25,28). The van der Waals surface area contributed by atoms with Crippen LogP contribution in [0.4, 0.5) is 5.69 Å². The minimum atomic E-state index is -0.181. The Balaban J connectivity index is 1.60. The van der Waals surface area contributed by atoms with Crippen LogP contribution < -0.4 is 15.6 Å². The van der Waals surface area contributed by atoms with Gasteiger partial charge in [-0.1, -0.05) is 6.07 Å². The molecule has 6 nitrogen and oxygen atoms in total. The maximum Gasteiger partial charge on any atom is 0.266 e. The van der Waals surface area contributed by atoms with Crippen molar-refractivity contribution in [2.75, 3.05) is 11.9 Å². The summed E-state index contributed by atoms with van der Waals surface area (Å²) in [5, 5.41) is 7.37. The minimum Gasteiger partial charge on any atom is -0.494 e. The number of carbonyl (C=O) groups is 1. The number of anilines is 1. The lowest BCUT2D eigenvalue weighted by Gasteiger charge is -2.09. The van der Waals surface area contributed by atoms with Crippen molar-refractivity contribution in [1.82, 2.24) is 9.78 Å². The molecule has 0 aliphatic carbocycles. The monoisotopic (exact) mass is 405 g/mol. The van der Waals surface area contributed by atoms with Crippen molar-refractivity contribution in [1.29, 1.82) is 0 Å². The zero-order valence-corrected chi connectivity index (χ0v) is 17.6. The fraction of sp³-hybridized carbons (Fsp3) is 0.292. The summed E-state index contributed by atoms with van der Waals surface area (Å²) in [4.78, 5) is 24.4. The van der Waals surface area contributed by atoms with Gasteiger partial charge in [-0.05, 0) is 80.8 Å². The Morgan fingerprint density at radius 3 is 2.40 bits per heavy atom. The van der Waals surface area contributed by atoms with E-state index in [1.54, 1.807) is 6.07 Å². The Labute approximate surface area is 176 Å². The van der Waals surface area contributed by atoms with Gasteiger partial charge >= 0.3 is 0 Å². The number of benzene rings is 2. The van der Waals surface area contributed by atoms with Crippen LogP contribution in [0.5, 0.6) is 5.75 Å². The maximum atomic E-state index is 12.3. The van der Waals surface area contributed by atoms with Crippen LogP contribution in [0.15, 0.2) is 59.4 Å². The van der Waals surface area contributed by atoms with E-state index in [-0.39, 0.29) is 11.5 Å². The van der Waals surface area contributed by atoms with Gasteiger partial charge in [-0.25, -0.2) is 4.68 Å². The van der Waals surface area contributed by atoms with Crippen molar-refractivity contribution in [3.05, 3.63) is 76.1 Å². The molecule has 1 aromatic heterocycles. The maximum absolute atomic E-state index is 12.3. The molecule has 3 rings (SSSR count). The highest BCUT2D eigenvalue weighted by atomic mass is 16.5. The molecule has 0 unspecified atom stereocenters. The number of rotatable bonds is 8. The molecule has 0 spiro atoms. The van der Waals surface area contributed by atoms with Crippen LogP contribution in [0.3, 0.4) is 0 Å². The normalized spacial score (nSPS) is 10.6.